The summed E-state index contributed by atoms with van der Waals surface area (Å²) in [5.41, 5.74) is 5.29. The monoisotopic (exact) mass is 500 g/mol. The number of ether oxygens (including phenoxy) is 2. The van der Waals surface area contributed by atoms with Crippen molar-refractivity contribution in [3.8, 4) is 0 Å². The number of hydrogen-bond donors (Lipinski definition) is 1. The molecule has 37 heavy (non-hydrogen) atoms. The number of esters is 2. The molecule has 0 fully saturated rings. The van der Waals surface area contributed by atoms with Crippen LogP contribution in [0.1, 0.15) is 45.6 Å². The molecule has 7 nitrogen and oxygen atoms in total. The molecule has 0 saturated heterocycles. The first-order chi connectivity index (χ1) is 17.8. The van der Waals surface area contributed by atoms with Gasteiger partial charge in [0.05, 0.1) is 19.3 Å². The third kappa shape index (κ3) is 3.84. The van der Waals surface area contributed by atoms with Crippen LogP contribution < -0.4 is 5.32 Å². The number of Topliss-reactive ketones (excluding diaryl/α,β-unsaturated/α-hetero) is 1. The van der Waals surface area contributed by atoms with E-state index in [1.54, 1.807) is 6.92 Å². The highest BCUT2D eigenvalue weighted by molar-refractivity contribution is 6.13. The molecule has 0 unspecified atom stereocenters. The number of fused-ring (bicyclic) bond motifs is 3. The number of allylic oxidation sites excluding steroid dienone is 3. The first-order valence-corrected chi connectivity index (χ1v) is 12.8. The SMILES string of the molecule is CCOC(=O)C1=C(C)NC2=C(C(=O)[C@@H](C(=O)OC)[C@H](C)C2)[C@@H]1c1ccc2c(c1)c1ccccc1n2CC. The first kappa shape index (κ1) is 24.8. The molecule has 1 aliphatic heterocycles. The van der Waals surface area contributed by atoms with Gasteiger partial charge in [-0.2, -0.15) is 0 Å². The Balaban J connectivity index is 1.76. The number of aryl methyl sites for hydroxylation is 1. The summed E-state index contributed by atoms with van der Waals surface area (Å²) in [5, 5.41) is 5.47. The van der Waals surface area contributed by atoms with Crippen LogP contribution in [0.25, 0.3) is 21.8 Å². The highest BCUT2D eigenvalue weighted by Gasteiger charge is 2.47. The van der Waals surface area contributed by atoms with E-state index in [2.05, 4.69) is 41.1 Å². The maximum atomic E-state index is 13.9. The van der Waals surface area contributed by atoms with E-state index in [1.807, 2.05) is 32.0 Å². The van der Waals surface area contributed by atoms with Crippen molar-refractivity contribution in [1.29, 1.82) is 0 Å². The number of nitrogens with one attached hydrogen (secondary N) is 1. The third-order valence-corrected chi connectivity index (χ3v) is 7.68. The molecular weight excluding hydrogens is 468 g/mol. The highest BCUT2D eigenvalue weighted by Crippen LogP contribution is 2.46. The molecule has 0 bridgehead atoms. The van der Waals surface area contributed by atoms with Gasteiger partial charge in [-0.3, -0.25) is 9.59 Å². The molecule has 2 heterocycles. The molecule has 2 aromatic carbocycles. The van der Waals surface area contributed by atoms with Crippen LogP contribution in [0.2, 0.25) is 0 Å². The van der Waals surface area contributed by atoms with E-state index in [1.165, 1.54) is 7.11 Å². The van der Waals surface area contributed by atoms with Gasteiger partial charge in [0.25, 0.3) is 0 Å². The van der Waals surface area contributed by atoms with Crippen molar-refractivity contribution in [2.45, 2.75) is 46.6 Å². The van der Waals surface area contributed by atoms with E-state index < -0.39 is 23.8 Å². The predicted octanol–water partition coefficient (Wildman–Crippen LogP) is 4.99. The normalized spacial score (nSPS) is 21.8. The van der Waals surface area contributed by atoms with Crippen molar-refractivity contribution in [3.63, 3.8) is 0 Å². The number of ketones is 1. The maximum Gasteiger partial charge on any atom is 0.336 e. The standard InChI is InChI=1S/C30H32N2O5/c1-6-32-22-11-9-8-10-19(22)20-15-18(12-13-23(20)32)26-25(30(35)37-7-2)17(4)31-21-14-16(3)24(29(34)36-5)28(33)27(21)26/h8-13,15-16,24,26,31H,6-7,14H2,1-5H3/t16-,24+,26-/m1/s1. The fraction of sp³-hybridized carbons (Fsp3) is 0.367. The summed E-state index contributed by atoms with van der Waals surface area (Å²) in [6.45, 7) is 8.63. The molecule has 0 radical (unpaired) electrons. The first-order valence-electron chi connectivity index (χ1n) is 12.8. The van der Waals surface area contributed by atoms with Gasteiger partial charge in [-0.25, -0.2) is 4.79 Å². The van der Waals surface area contributed by atoms with Crippen molar-refractivity contribution < 1.29 is 23.9 Å². The summed E-state index contributed by atoms with van der Waals surface area (Å²) >= 11 is 0. The number of carbonyl (C=O) groups excluding carboxylic acids is 3. The molecule has 3 aromatic rings. The van der Waals surface area contributed by atoms with E-state index in [-0.39, 0.29) is 18.3 Å². The second-order valence-electron chi connectivity index (χ2n) is 9.79. The van der Waals surface area contributed by atoms with Gasteiger partial charge in [0, 0.05) is 51.2 Å². The number of benzene rings is 2. The van der Waals surface area contributed by atoms with Crippen molar-refractivity contribution in [3.05, 3.63) is 70.6 Å². The van der Waals surface area contributed by atoms with Crippen molar-refractivity contribution in [2.75, 3.05) is 13.7 Å². The van der Waals surface area contributed by atoms with Gasteiger partial charge in [-0.15, -0.1) is 0 Å². The Hall–Kier alpha value is -3.87. The maximum absolute atomic E-state index is 13.9. The Kier molecular flexibility index (Phi) is 6.40. The summed E-state index contributed by atoms with van der Waals surface area (Å²) in [6, 6.07) is 14.4. The van der Waals surface area contributed by atoms with Crippen LogP contribution in [0.4, 0.5) is 0 Å². The molecule has 2 aliphatic rings. The quantitative estimate of drug-likeness (QED) is 0.392. The smallest absolute Gasteiger partial charge is 0.336 e. The van der Waals surface area contributed by atoms with Gasteiger partial charge in [-0.05, 0) is 56.9 Å². The summed E-state index contributed by atoms with van der Waals surface area (Å²) in [7, 11) is 1.30. The minimum atomic E-state index is -0.916. The molecule has 0 amide bonds. The van der Waals surface area contributed by atoms with Gasteiger partial charge in [0.1, 0.15) is 5.92 Å². The zero-order valence-electron chi connectivity index (χ0n) is 21.9. The fourth-order valence-corrected chi connectivity index (χ4v) is 6.08. The molecule has 0 spiro atoms. The summed E-state index contributed by atoms with van der Waals surface area (Å²) in [6.07, 6.45) is 0.502. The number of para-hydroxylation sites is 1. The van der Waals surface area contributed by atoms with Crippen LogP contribution in [-0.4, -0.2) is 36.0 Å². The summed E-state index contributed by atoms with van der Waals surface area (Å²) < 4.78 is 12.7. The minimum Gasteiger partial charge on any atom is -0.468 e. The van der Waals surface area contributed by atoms with E-state index in [0.29, 0.717) is 23.3 Å². The lowest BCUT2D eigenvalue weighted by Gasteiger charge is -2.38. The Bertz CT molecular complexity index is 1510. The number of dihydropyridines is 1. The van der Waals surface area contributed by atoms with Gasteiger partial charge >= 0.3 is 11.9 Å². The largest absolute Gasteiger partial charge is 0.468 e. The molecule has 192 valence electrons. The molecule has 1 aromatic heterocycles. The second-order valence-corrected chi connectivity index (χ2v) is 9.79. The van der Waals surface area contributed by atoms with Crippen LogP contribution in [0, 0.1) is 11.8 Å². The lowest BCUT2D eigenvalue weighted by Crippen LogP contribution is -2.43. The lowest BCUT2D eigenvalue weighted by atomic mass is 9.69. The Morgan fingerprint density at radius 3 is 2.51 bits per heavy atom. The molecular formula is C30H32N2O5. The molecule has 0 saturated carbocycles. The second kappa shape index (κ2) is 9.54. The van der Waals surface area contributed by atoms with E-state index in [4.69, 9.17) is 9.47 Å². The average molecular weight is 501 g/mol. The number of methoxy groups -OCH3 is 1. The highest BCUT2D eigenvalue weighted by atomic mass is 16.5. The molecule has 5 rings (SSSR count). The topological polar surface area (TPSA) is 86.6 Å². The number of hydrogen-bond acceptors (Lipinski definition) is 6. The number of carbonyl (C=O) groups is 3. The van der Waals surface area contributed by atoms with Gasteiger partial charge in [-0.1, -0.05) is 31.2 Å². The minimum absolute atomic E-state index is 0.215. The Labute approximate surface area is 216 Å². The molecule has 1 aliphatic carbocycles. The van der Waals surface area contributed by atoms with Crippen molar-refractivity contribution >= 4 is 39.5 Å². The van der Waals surface area contributed by atoms with Gasteiger partial charge in [0.2, 0.25) is 0 Å². The zero-order valence-corrected chi connectivity index (χ0v) is 21.9. The van der Waals surface area contributed by atoms with Crippen molar-refractivity contribution in [1.82, 2.24) is 9.88 Å². The number of nitrogens with zero attached hydrogens (tertiary/aromatic N) is 1. The Morgan fingerprint density at radius 1 is 1.08 bits per heavy atom. The number of aromatic nitrogens is 1. The van der Waals surface area contributed by atoms with Gasteiger partial charge in [0.15, 0.2) is 5.78 Å². The van der Waals surface area contributed by atoms with E-state index in [0.717, 1.165) is 39.6 Å². The summed E-state index contributed by atoms with van der Waals surface area (Å²) in [4.78, 5) is 39.9. The average Bonchev–Trinajstić information content (AvgIpc) is 3.20. The molecule has 3 atom stereocenters. The number of rotatable bonds is 5. The zero-order chi connectivity index (χ0) is 26.4. The molecule has 7 heteroatoms. The predicted molar refractivity (Wildman–Crippen MR) is 142 cm³/mol. The summed E-state index contributed by atoms with van der Waals surface area (Å²) in [5.74, 6) is -3.12. The van der Waals surface area contributed by atoms with Crippen LogP contribution >= 0.6 is 0 Å². The Morgan fingerprint density at radius 2 is 1.81 bits per heavy atom. The van der Waals surface area contributed by atoms with E-state index >= 15 is 0 Å². The van der Waals surface area contributed by atoms with Crippen LogP contribution in [0.15, 0.2) is 65.0 Å². The van der Waals surface area contributed by atoms with Gasteiger partial charge < -0.3 is 19.4 Å². The lowest BCUT2D eigenvalue weighted by molar-refractivity contribution is -0.151. The van der Waals surface area contributed by atoms with Crippen molar-refractivity contribution in [2.24, 2.45) is 11.8 Å². The molecule has 1 N–H and O–H groups in total. The van der Waals surface area contributed by atoms with Crippen LogP contribution in [0.5, 0.6) is 0 Å². The third-order valence-electron chi connectivity index (χ3n) is 7.68. The van der Waals surface area contributed by atoms with E-state index in [9.17, 15) is 14.4 Å². The van der Waals surface area contributed by atoms with Crippen LogP contribution in [0.3, 0.4) is 0 Å². The fourth-order valence-electron chi connectivity index (χ4n) is 6.08. The van der Waals surface area contributed by atoms with Crippen LogP contribution in [-0.2, 0) is 30.4 Å².